The molecule has 92 valence electrons. The minimum atomic E-state index is 0.535. The van der Waals surface area contributed by atoms with Crippen LogP contribution in [0.2, 0.25) is 0 Å². The third-order valence-electron chi connectivity index (χ3n) is 2.61. The summed E-state index contributed by atoms with van der Waals surface area (Å²) >= 11 is 0. The van der Waals surface area contributed by atoms with E-state index in [0.717, 1.165) is 11.8 Å². The molecule has 0 radical (unpaired) electrons. The van der Waals surface area contributed by atoms with Crippen molar-refractivity contribution in [2.45, 2.75) is 0 Å². The van der Waals surface area contributed by atoms with Crippen LogP contribution in [-0.2, 0) is 0 Å². The fourth-order valence-electron chi connectivity index (χ4n) is 1.73. The molecule has 0 saturated carbocycles. The van der Waals surface area contributed by atoms with Crippen LogP contribution >= 0.6 is 0 Å². The standard InChI is InChI=1S/C14H13NO3/c1-17-12-4-3-5-13(18-2)14(12)11-7-6-10(9-16)8-15-11/h3-9H,1-2H3. The monoisotopic (exact) mass is 243 g/mol. The second-order valence-corrected chi connectivity index (χ2v) is 3.63. The maximum Gasteiger partial charge on any atom is 0.151 e. The fraction of sp³-hybridized carbons (Fsp3) is 0.143. The summed E-state index contributed by atoms with van der Waals surface area (Å²) in [6.07, 6.45) is 2.28. The van der Waals surface area contributed by atoms with Crippen molar-refractivity contribution in [1.29, 1.82) is 0 Å². The Morgan fingerprint density at radius 3 is 2.17 bits per heavy atom. The van der Waals surface area contributed by atoms with E-state index in [1.807, 2.05) is 18.2 Å². The van der Waals surface area contributed by atoms with Gasteiger partial charge in [0.25, 0.3) is 0 Å². The number of carbonyl (C=O) groups is 1. The summed E-state index contributed by atoms with van der Waals surface area (Å²) < 4.78 is 10.6. The van der Waals surface area contributed by atoms with Gasteiger partial charge in [-0.15, -0.1) is 0 Å². The normalized spacial score (nSPS) is 9.89. The minimum absolute atomic E-state index is 0.535. The Morgan fingerprint density at radius 2 is 1.72 bits per heavy atom. The van der Waals surface area contributed by atoms with E-state index in [2.05, 4.69) is 4.98 Å². The highest BCUT2D eigenvalue weighted by molar-refractivity contribution is 5.78. The number of pyridine rings is 1. The molecule has 0 aliphatic carbocycles. The van der Waals surface area contributed by atoms with Gasteiger partial charge in [-0.05, 0) is 24.3 Å². The van der Waals surface area contributed by atoms with Gasteiger partial charge in [-0.2, -0.15) is 0 Å². The van der Waals surface area contributed by atoms with Crippen LogP contribution in [0.4, 0.5) is 0 Å². The van der Waals surface area contributed by atoms with Crippen LogP contribution in [0.25, 0.3) is 11.3 Å². The third kappa shape index (κ3) is 2.18. The molecule has 0 saturated heterocycles. The number of hydrogen-bond donors (Lipinski definition) is 0. The van der Waals surface area contributed by atoms with Gasteiger partial charge in [-0.3, -0.25) is 9.78 Å². The molecule has 1 aromatic heterocycles. The average molecular weight is 243 g/mol. The number of carbonyl (C=O) groups excluding carboxylic acids is 1. The summed E-state index contributed by atoms with van der Waals surface area (Å²) in [5.41, 5.74) is 2.02. The van der Waals surface area contributed by atoms with Gasteiger partial charge in [0, 0.05) is 11.8 Å². The molecular formula is C14H13NO3. The Balaban J connectivity index is 2.56. The number of hydrogen-bond acceptors (Lipinski definition) is 4. The van der Waals surface area contributed by atoms with Crippen molar-refractivity contribution < 1.29 is 14.3 Å². The number of rotatable bonds is 4. The molecule has 0 amide bonds. The molecule has 4 heteroatoms. The summed E-state index contributed by atoms with van der Waals surface area (Å²) in [6, 6.07) is 9.01. The summed E-state index contributed by atoms with van der Waals surface area (Å²) in [6.45, 7) is 0. The molecule has 0 bridgehead atoms. The maximum absolute atomic E-state index is 10.6. The lowest BCUT2D eigenvalue weighted by molar-refractivity contribution is 0.112. The lowest BCUT2D eigenvalue weighted by Crippen LogP contribution is -1.95. The third-order valence-corrected chi connectivity index (χ3v) is 2.61. The number of aromatic nitrogens is 1. The quantitative estimate of drug-likeness (QED) is 0.774. The van der Waals surface area contributed by atoms with Gasteiger partial charge >= 0.3 is 0 Å². The average Bonchev–Trinajstić information content (AvgIpc) is 2.46. The van der Waals surface area contributed by atoms with E-state index < -0.39 is 0 Å². The van der Waals surface area contributed by atoms with Crippen molar-refractivity contribution in [3.05, 3.63) is 42.1 Å². The van der Waals surface area contributed by atoms with Crippen LogP contribution in [0.15, 0.2) is 36.5 Å². The largest absolute Gasteiger partial charge is 0.496 e. The number of nitrogens with zero attached hydrogens (tertiary/aromatic N) is 1. The number of benzene rings is 1. The Bertz CT molecular complexity index is 527. The smallest absolute Gasteiger partial charge is 0.151 e. The summed E-state index contributed by atoms with van der Waals surface area (Å²) in [5.74, 6) is 1.36. The highest BCUT2D eigenvalue weighted by Gasteiger charge is 2.13. The highest BCUT2D eigenvalue weighted by atomic mass is 16.5. The zero-order chi connectivity index (χ0) is 13.0. The second-order valence-electron chi connectivity index (χ2n) is 3.63. The molecule has 0 spiro atoms. The van der Waals surface area contributed by atoms with Crippen LogP contribution in [0.5, 0.6) is 11.5 Å². The van der Waals surface area contributed by atoms with E-state index in [1.165, 1.54) is 6.20 Å². The zero-order valence-corrected chi connectivity index (χ0v) is 10.2. The predicted molar refractivity (Wildman–Crippen MR) is 68.2 cm³/mol. The Labute approximate surface area is 105 Å². The van der Waals surface area contributed by atoms with Crippen LogP contribution in [0.1, 0.15) is 10.4 Å². The molecule has 1 heterocycles. The maximum atomic E-state index is 10.6. The van der Waals surface area contributed by atoms with Gasteiger partial charge in [-0.25, -0.2) is 0 Å². The minimum Gasteiger partial charge on any atom is -0.496 e. The Kier molecular flexibility index (Phi) is 3.57. The van der Waals surface area contributed by atoms with Crippen LogP contribution in [-0.4, -0.2) is 25.5 Å². The van der Waals surface area contributed by atoms with E-state index in [0.29, 0.717) is 22.8 Å². The molecule has 0 unspecified atom stereocenters. The van der Waals surface area contributed by atoms with Crippen molar-refractivity contribution in [2.24, 2.45) is 0 Å². The number of ether oxygens (including phenoxy) is 2. The first-order chi connectivity index (χ1) is 8.80. The van der Waals surface area contributed by atoms with E-state index >= 15 is 0 Å². The molecule has 2 rings (SSSR count). The SMILES string of the molecule is COc1cccc(OC)c1-c1ccc(C=O)cn1. The van der Waals surface area contributed by atoms with E-state index in [1.54, 1.807) is 26.4 Å². The second kappa shape index (κ2) is 5.31. The van der Waals surface area contributed by atoms with Gasteiger partial charge in [-0.1, -0.05) is 6.07 Å². The summed E-state index contributed by atoms with van der Waals surface area (Å²) in [4.78, 5) is 14.9. The van der Waals surface area contributed by atoms with Crippen LogP contribution < -0.4 is 9.47 Å². The topological polar surface area (TPSA) is 48.4 Å². The first-order valence-electron chi connectivity index (χ1n) is 5.42. The first kappa shape index (κ1) is 12.1. The number of aldehydes is 1. The Hall–Kier alpha value is -2.36. The molecule has 0 fully saturated rings. The molecule has 2 aromatic rings. The lowest BCUT2D eigenvalue weighted by Gasteiger charge is -2.12. The number of methoxy groups -OCH3 is 2. The predicted octanol–water partition coefficient (Wildman–Crippen LogP) is 2.58. The summed E-state index contributed by atoms with van der Waals surface area (Å²) in [7, 11) is 3.19. The van der Waals surface area contributed by atoms with Crippen molar-refractivity contribution in [3.8, 4) is 22.8 Å². The summed E-state index contributed by atoms with van der Waals surface area (Å²) in [5, 5.41) is 0. The highest BCUT2D eigenvalue weighted by Crippen LogP contribution is 2.36. The first-order valence-corrected chi connectivity index (χ1v) is 5.42. The molecule has 1 aromatic carbocycles. The molecule has 0 N–H and O–H groups in total. The van der Waals surface area contributed by atoms with Crippen molar-refractivity contribution >= 4 is 6.29 Å². The van der Waals surface area contributed by atoms with Gasteiger partial charge in [0.2, 0.25) is 0 Å². The van der Waals surface area contributed by atoms with E-state index in [4.69, 9.17) is 9.47 Å². The fourth-order valence-corrected chi connectivity index (χ4v) is 1.73. The van der Waals surface area contributed by atoms with Crippen molar-refractivity contribution in [1.82, 2.24) is 4.98 Å². The van der Waals surface area contributed by atoms with Gasteiger partial charge in [0.05, 0.1) is 25.5 Å². The lowest BCUT2D eigenvalue weighted by atomic mass is 10.1. The zero-order valence-electron chi connectivity index (χ0n) is 10.2. The Morgan fingerprint density at radius 1 is 1.06 bits per heavy atom. The van der Waals surface area contributed by atoms with Crippen molar-refractivity contribution in [3.63, 3.8) is 0 Å². The van der Waals surface area contributed by atoms with E-state index in [9.17, 15) is 4.79 Å². The van der Waals surface area contributed by atoms with E-state index in [-0.39, 0.29) is 0 Å². The molecule has 0 atom stereocenters. The molecule has 0 aliphatic rings. The van der Waals surface area contributed by atoms with Crippen LogP contribution in [0.3, 0.4) is 0 Å². The molecule has 18 heavy (non-hydrogen) atoms. The molecule has 4 nitrogen and oxygen atoms in total. The van der Waals surface area contributed by atoms with Crippen LogP contribution in [0, 0.1) is 0 Å². The van der Waals surface area contributed by atoms with Crippen molar-refractivity contribution in [2.75, 3.05) is 14.2 Å². The molecular weight excluding hydrogens is 230 g/mol. The van der Waals surface area contributed by atoms with Gasteiger partial charge in [0.15, 0.2) is 6.29 Å². The molecule has 0 aliphatic heterocycles. The van der Waals surface area contributed by atoms with Gasteiger partial charge in [0.1, 0.15) is 11.5 Å². The van der Waals surface area contributed by atoms with Gasteiger partial charge < -0.3 is 9.47 Å².